The van der Waals surface area contributed by atoms with Gasteiger partial charge >= 0.3 is 5.97 Å². The molecule has 0 aliphatic rings. The van der Waals surface area contributed by atoms with Gasteiger partial charge in [-0.05, 0) is 77.0 Å². The number of esters is 1. The van der Waals surface area contributed by atoms with Crippen molar-refractivity contribution in [3.63, 3.8) is 0 Å². The summed E-state index contributed by atoms with van der Waals surface area (Å²) in [5, 5.41) is 9.66. The number of unbranched alkanes of at least 4 members (excludes halogenated alkanes) is 30. The predicted molar refractivity (Wildman–Crippen MR) is 260 cm³/mol. The van der Waals surface area contributed by atoms with E-state index in [1.54, 1.807) is 0 Å². The largest absolute Gasteiger partial charge is 0.457 e. The molecule has 0 aliphatic carbocycles. The minimum atomic E-state index is -0.539. The fourth-order valence-corrected chi connectivity index (χ4v) is 7.49. The van der Waals surface area contributed by atoms with E-state index < -0.39 is 6.10 Å². The minimum Gasteiger partial charge on any atom is -0.457 e. The molecule has 344 valence electrons. The lowest BCUT2D eigenvalue weighted by atomic mass is 10.0. The lowest BCUT2D eigenvalue weighted by Gasteiger charge is -2.16. The van der Waals surface area contributed by atoms with E-state index in [1.807, 2.05) is 0 Å². The summed E-state index contributed by atoms with van der Waals surface area (Å²) in [6, 6.07) is 0. The number of aliphatic hydroxyl groups is 1. The number of aliphatic hydroxyl groups excluding tert-OH is 1. The number of ether oxygens (including phenoxy) is 2. The van der Waals surface area contributed by atoms with Crippen LogP contribution in [-0.2, 0) is 14.3 Å². The third kappa shape index (κ3) is 50.3. The number of carbonyl (C=O) groups is 1. The van der Waals surface area contributed by atoms with Crippen LogP contribution in [0.1, 0.15) is 258 Å². The maximum Gasteiger partial charge on any atom is 0.306 e. The molecule has 0 amide bonds. The van der Waals surface area contributed by atoms with Crippen LogP contribution in [0.15, 0.2) is 60.8 Å². The first-order valence-corrected chi connectivity index (χ1v) is 25.9. The van der Waals surface area contributed by atoms with Crippen LogP contribution >= 0.6 is 0 Å². The Morgan fingerprint density at radius 1 is 0.424 bits per heavy atom. The second kappa shape index (κ2) is 52.2. The molecule has 59 heavy (non-hydrogen) atoms. The van der Waals surface area contributed by atoms with E-state index in [0.717, 1.165) is 44.9 Å². The van der Waals surface area contributed by atoms with E-state index in [2.05, 4.69) is 74.6 Å². The molecule has 4 nitrogen and oxygen atoms in total. The third-order valence-electron chi connectivity index (χ3n) is 11.3. The Labute approximate surface area is 368 Å². The van der Waals surface area contributed by atoms with Crippen molar-refractivity contribution in [2.75, 3.05) is 19.8 Å². The second-order valence-electron chi connectivity index (χ2n) is 17.2. The number of hydrogen-bond acceptors (Lipinski definition) is 4. The van der Waals surface area contributed by atoms with Crippen molar-refractivity contribution in [3.05, 3.63) is 60.8 Å². The van der Waals surface area contributed by atoms with Gasteiger partial charge in [-0.25, -0.2) is 0 Å². The van der Waals surface area contributed by atoms with Crippen molar-refractivity contribution in [1.82, 2.24) is 0 Å². The van der Waals surface area contributed by atoms with Gasteiger partial charge in [0, 0.05) is 13.0 Å². The standard InChI is InChI=1S/C55H100O4/c1-3-5-7-9-11-13-15-17-19-21-23-25-27-29-31-33-35-37-39-41-43-45-47-49-51-58-53-54(52-56)59-55(57)50-48-46-44-42-40-38-36-34-32-30-28-26-24-22-20-18-16-14-12-10-8-6-4-2/h5,7,11,13,17,19,22-25,54,56H,3-4,6,8-10,12,14-16,18,20-21,26-53H2,1-2H3/b7-5-,13-11-,19-17-,24-22-,25-23-. The molecule has 0 saturated heterocycles. The number of carbonyl (C=O) groups excluding carboxylic acids is 1. The van der Waals surface area contributed by atoms with Gasteiger partial charge in [0.05, 0.1) is 13.2 Å². The van der Waals surface area contributed by atoms with Gasteiger partial charge in [0.2, 0.25) is 0 Å². The fraction of sp³-hybridized carbons (Fsp3) is 0.800. The SMILES string of the molecule is CC/C=C\C/C=C\C/C=C\C/C=C\CCCCCCCCCCCCCOCC(CO)OC(=O)CCCCCCCCCCCCC/C=C\CCCCCCCCCC. The Bertz CT molecular complexity index is 962. The molecular formula is C55H100O4. The van der Waals surface area contributed by atoms with E-state index in [4.69, 9.17) is 9.47 Å². The van der Waals surface area contributed by atoms with E-state index in [1.165, 1.54) is 193 Å². The first-order valence-electron chi connectivity index (χ1n) is 25.9. The van der Waals surface area contributed by atoms with Gasteiger partial charge in [-0.1, -0.05) is 235 Å². The van der Waals surface area contributed by atoms with E-state index in [0.29, 0.717) is 19.6 Å². The highest BCUT2D eigenvalue weighted by Gasteiger charge is 2.13. The maximum atomic E-state index is 12.3. The molecule has 0 aromatic heterocycles. The Hall–Kier alpha value is -1.91. The molecule has 1 unspecified atom stereocenters. The summed E-state index contributed by atoms with van der Waals surface area (Å²) in [5.41, 5.74) is 0. The minimum absolute atomic E-state index is 0.173. The van der Waals surface area contributed by atoms with Crippen molar-refractivity contribution < 1.29 is 19.4 Å². The molecule has 0 aromatic carbocycles. The summed E-state index contributed by atoms with van der Waals surface area (Å²) >= 11 is 0. The monoisotopic (exact) mass is 825 g/mol. The van der Waals surface area contributed by atoms with Crippen LogP contribution in [0.25, 0.3) is 0 Å². The fourth-order valence-electron chi connectivity index (χ4n) is 7.49. The summed E-state index contributed by atoms with van der Waals surface area (Å²) < 4.78 is 11.2. The van der Waals surface area contributed by atoms with Crippen LogP contribution in [-0.4, -0.2) is 37.0 Å². The molecule has 0 heterocycles. The highest BCUT2D eigenvalue weighted by atomic mass is 16.6. The van der Waals surface area contributed by atoms with Crippen molar-refractivity contribution in [1.29, 1.82) is 0 Å². The summed E-state index contributed by atoms with van der Waals surface area (Å²) in [6.07, 6.45) is 70.3. The van der Waals surface area contributed by atoms with Crippen molar-refractivity contribution >= 4 is 5.97 Å². The van der Waals surface area contributed by atoms with Crippen LogP contribution in [0.2, 0.25) is 0 Å². The summed E-state index contributed by atoms with van der Waals surface area (Å²) in [7, 11) is 0. The van der Waals surface area contributed by atoms with Crippen LogP contribution in [0.3, 0.4) is 0 Å². The van der Waals surface area contributed by atoms with Gasteiger partial charge in [-0.2, -0.15) is 0 Å². The first-order chi connectivity index (χ1) is 29.2. The Morgan fingerprint density at radius 3 is 1.17 bits per heavy atom. The van der Waals surface area contributed by atoms with Crippen molar-refractivity contribution in [3.8, 4) is 0 Å². The Morgan fingerprint density at radius 2 is 0.763 bits per heavy atom. The molecule has 0 aliphatic heterocycles. The molecule has 0 saturated carbocycles. The number of rotatable bonds is 48. The zero-order valence-corrected chi connectivity index (χ0v) is 39.5. The molecule has 0 bridgehead atoms. The maximum absolute atomic E-state index is 12.3. The van der Waals surface area contributed by atoms with Gasteiger partial charge in [-0.3, -0.25) is 4.79 Å². The predicted octanol–water partition coefficient (Wildman–Crippen LogP) is 17.6. The van der Waals surface area contributed by atoms with Gasteiger partial charge in [0.15, 0.2) is 0 Å². The van der Waals surface area contributed by atoms with Gasteiger partial charge in [0.1, 0.15) is 6.10 Å². The quantitative estimate of drug-likeness (QED) is 0.0377. The molecule has 0 radical (unpaired) electrons. The Kier molecular flexibility index (Phi) is 50.5. The normalized spacial score (nSPS) is 12.8. The van der Waals surface area contributed by atoms with Crippen LogP contribution < -0.4 is 0 Å². The van der Waals surface area contributed by atoms with Gasteiger partial charge < -0.3 is 14.6 Å². The molecule has 4 heteroatoms. The topological polar surface area (TPSA) is 55.8 Å². The summed E-state index contributed by atoms with van der Waals surface area (Å²) in [6.45, 7) is 5.25. The average molecular weight is 825 g/mol. The molecule has 0 aromatic rings. The molecule has 1 N–H and O–H groups in total. The lowest BCUT2D eigenvalue weighted by Crippen LogP contribution is -2.27. The molecule has 0 fully saturated rings. The highest BCUT2D eigenvalue weighted by Crippen LogP contribution is 2.15. The first kappa shape index (κ1) is 57.1. The zero-order chi connectivity index (χ0) is 42.6. The molecule has 1 atom stereocenters. The lowest BCUT2D eigenvalue weighted by molar-refractivity contribution is -0.154. The second-order valence-corrected chi connectivity index (χ2v) is 17.2. The van der Waals surface area contributed by atoms with E-state index in [9.17, 15) is 9.90 Å². The van der Waals surface area contributed by atoms with Gasteiger partial charge in [-0.15, -0.1) is 0 Å². The van der Waals surface area contributed by atoms with Gasteiger partial charge in [0.25, 0.3) is 0 Å². The van der Waals surface area contributed by atoms with Crippen molar-refractivity contribution in [2.45, 2.75) is 264 Å². The molecular weight excluding hydrogens is 725 g/mol. The third-order valence-corrected chi connectivity index (χ3v) is 11.3. The highest BCUT2D eigenvalue weighted by molar-refractivity contribution is 5.69. The number of hydrogen-bond donors (Lipinski definition) is 1. The number of allylic oxidation sites excluding steroid dienone is 10. The average Bonchev–Trinajstić information content (AvgIpc) is 3.24. The van der Waals surface area contributed by atoms with Crippen LogP contribution in [0.4, 0.5) is 0 Å². The van der Waals surface area contributed by atoms with Crippen molar-refractivity contribution in [2.24, 2.45) is 0 Å². The molecule has 0 rings (SSSR count). The smallest absolute Gasteiger partial charge is 0.306 e. The van der Waals surface area contributed by atoms with Crippen LogP contribution in [0, 0.1) is 0 Å². The Balaban J connectivity index is 3.41. The zero-order valence-electron chi connectivity index (χ0n) is 39.5. The van der Waals surface area contributed by atoms with Crippen LogP contribution in [0.5, 0.6) is 0 Å². The summed E-state index contributed by atoms with van der Waals surface area (Å²) in [4.78, 5) is 12.3. The molecule has 0 spiro atoms. The van der Waals surface area contributed by atoms with E-state index >= 15 is 0 Å². The van der Waals surface area contributed by atoms with E-state index in [-0.39, 0.29) is 12.6 Å². The summed E-state index contributed by atoms with van der Waals surface area (Å²) in [5.74, 6) is -0.200.